The predicted molar refractivity (Wildman–Crippen MR) is 196 cm³/mol. The van der Waals surface area contributed by atoms with Crippen LogP contribution in [-0.2, 0) is 27.2 Å². The zero-order valence-corrected chi connectivity index (χ0v) is 30.5. The highest BCUT2D eigenvalue weighted by atomic mass is 16.6. The van der Waals surface area contributed by atoms with Crippen LogP contribution in [0.25, 0.3) is 22.2 Å². The van der Waals surface area contributed by atoms with Gasteiger partial charge in [-0.2, -0.15) is 0 Å². The summed E-state index contributed by atoms with van der Waals surface area (Å²) >= 11 is 0. The number of aromatic nitrogens is 1. The first-order valence-corrected chi connectivity index (χ1v) is 17.9. The number of hydrogen-bond acceptors (Lipinski definition) is 6. The molecule has 4 aromatic rings. The fourth-order valence-electron chi connectivity index (χ4n) is 7.66. The molecule has 2 amide bonds. The fraction of sp³-hybridized carbons (Fsp3) is 0.452. The van der Waals surface area contributed by atoms with Crippen molar-refractivity contribution in [2.24, 2.45) is 5.41 Å². The van der Waals surface area contributed by atoms with E-state index in [0.29, 0.717) is 17.9 Å². The van der Waals surface area contributed by atoms with Crippen LogP contribution >= 0.6 is 0 Å². The van der Waals surface area contributed by atoms with E-state index in [1.807, 2.05) is 89.2 Å². The third-order valence-corrected chi connectivity index (χ3v) is 10.1. The highest BCUT2D eigenvalue weighted by molar-refractivity contribution is 6.00. The average Bonchev–Trinajstić information content (AvgIpc) is 3.60. The second kappa shape index (κ2) is 14.0. The number of nitrogens with zero attached hydrogens (tertiary/aromatic N) is 2. The lowest BCUT2D eigenvalue weighted by Crippen LogP contribution is -2.48. The minimum atomic E-state index is -1.02. The first-order valence-electron chi connectivity index (χ1n) is 17.9. The molecule has 1 saturated heterocycles. The van der Waals surface area contributed by atoms with Gasteiger partial charge in [0.1, 0.15) is 18.0 Å². The van der Waals surface area contributed by atoms with Gasteiger partial charge in [-0.3, -0.25) is 4.79 Å². The number of methoxy groups -OCH3 is 1. The molecule has 1 aliphatic carbocycles. The van der Waals surface area contributed by atoms with Gasteiger partial charge in [-0.25, -0.2) is 14.5 Å². The summed E-state index contributed by atoms with van der Waals surface area (Å²) in [6.07, 6.45) is 5.56. The van der Waals surface area contributed by atoms with E-state index in [0.717, 1.165) is 64.7 Å². The number of esters is 1. The van der Waals surface area contributed by atoms with Crippen molar-refractivity contribution in [2.45, 2.75) is 104 Å². The Labute approximate surface area is 295 Å². The summed E-state index contributed by atoms with van der Waals surface area (Å²) < 4.78 is 19.1. The smallest absolute Gasteiger partial charge is 0.417 e. The van der Waals surface area contributed by atoms with Crippen molar-refractivity contribution in [1.82, 2.24) is 9.47 Å². The van der Waals surface area contributed by atoms with Crippen molar-refractivity contribution in [3.63, 3.8) is 0 Å². The molecule has 2 aliphatic rings. The lowest BCUT2D eigenvalue weighted by Gasteiger charge is -2.32. The quantitative estimate of drug-likeness (QED) is 0.164. The van der Waals surface area contributed by atoms with Gasteiger partial charge in [0.2, 0.25) is 5.91 Å². The van der Waals surface area contributed by atoms with Crippen LogP contribution in [0.1, 0.15) is 99.7 Å². The molecule has 264 valence electrons. The van der Waals surface area contributed by atoms with Crippen molar-refractivity contribution < 1.29 is 28.6 Å². The maximum Gasteiger partial charge on any atom is 0.417 e. The van der Waals surface area contributed by atoms with E-state index in [4.69, 9.17) is 14.2 Å². The molecular formula is C42H50N2O6. The molecule has 0 spiro atoms. The lowest BCUT2D eigenvalue weighted by atomic mass is 9.81. The first-order chi connectivity index (χ1) is 23.8. The fourth-order valence-corrected chi connectivity index (χ4v) is 7.66. The Balaban J connectivity index is 1.51. The molecule has 8 heteroatoms. The summed E-state index contributed by atoms with van der Waals surface area (Å²) in [5, 5.41) is 1.07. The molecule has 3 aromatic carbocycles. The highest BCUT2D eigenvalue weighted by Crippen LogP contribution is 2.46. The molecular weight excluding hydrogens is 628 g/mol. The van der Waals surface area contributed by atoms with Gasteiger partial charge in [-0.1, -0.05) is 55.7 Å². The number of hydrogen-bond donors (Lipinski definition) is 0. The number of carbonyl (C=O) groups excluding carboxylic acids is 3. The normalized spacial score (nSPS) is 17.2. The van der Waals surface area contributed by atoms with Gasteiger partial charge in [0.15, 0.2) is 0 Å². The third-order valence-electron chi connectivity index (χ3n) is 10.1. The minimum absolute atomic E-state index is 0.156. The number of imide groups is 1. The van der Waals surface area contributed by atoms with Gasteiger partial charge >= 0.3 is 12.1 Å². The van der Waals surface area contributed by atoms with Gasteiger partial charge in [-0.15, -0.1) is 0 Å². The Morgan fingerprint density at radius 1 is 0.920 bits per heavy atom. The van der Waals surface area contributed by atoms with Crippen molar-refractivity contribution >= 4 is 28.9 Å². The monoisotopic (exact) mass is 678 g/mol. The standard InChI is InChI=1S/C42H50N2O6/c1-27-22-32(48-7)19-21-33(27)37-36(29-16-12-9-13-17-29)34-20-18-30(38(45)50-41(2,3)4)24-35(34)43(37)26-42(5,6)39(46)44-31(25-49-40(44)47)23-28-14-10-8-11-15-28/h8,10-11,14-15,18-22,24,29,31H,9,12-13,16-17,23,25-26H2,1-7H3/t31-/m1/s1. The summed E-state index contributed by atoms with van der Waals surface area (Å²) in [5.41, 5.74) is 5.06. The van der Waals surface area contributed by atoms with Crippen molar-refractivity contribution in [3.05, 3.63) is 89.0 Å². The Morgan fingerprint density at radius 2 is 1.64 bits per heavy atom. The number of amides is 2. The van der Waals surface area contributed by atoms with Crippen LogP contribution in [-0.4, -0.2) is 52.8 Å². The molecule has 1 aliphatic heterocycles. The number of cyclic esters (lactones) is 1. The van der Waals surface area contributed by atoms with Crippen LogP contribution in [0.5, 0.6) is 5.75 Å². The molecule has 0 radical (unpaired) electrons. The zero-order chi connectivity index (χ0) is 35.8. The summed E-state index contributed by atoms with van der Waals surface area (Å²) in [7, 11) is 1.67. The molecule has 1 saturated carbocycles. The van der Waals surface area contributed by atoms with Crippen molar-refractivity contribution in [3.8, 4) is 17.0 Å². The largest absolute Gasteiger partial charge is 0.497 e. The molecule has 50 heavy (non-hydrogen) atoms. The van der Waals surface area contributed by atoms with E-state index in [-0.39, 0.29) is 19.1 Å². The van der Waals surface area contributed by atoms with Crippen LogP contribution in [0.3, 0.4) is 0 Å². The van der Waals surface area contributed by atoms with E-state index in [1.54, 1.807) is 7.11 Å². The van der Waals surface area contributed by atoms with E-state index < -0.39 is 29.1 Å². The molecule has 1 atom stereocenters. The zero-order valence-electron chi connectivity index (χ0n) is 30.5. The van der Waals surface area contributed by atoms with E-state index in [2.05, 4.69) is 23.6 Å². The Kier molecular flexibility index (Phi) is 9.84. The molecule has 0 N–H and O–H groups in total. The maximum atomic E-state index is 14.6. The second-order valence-corrected chi connectivity index (χ2v) is 15.6. The second-order valence-electron chi connectivity index (χ2n) is 15.6. The third kappa shape index (κ3) is 7.16. The van der Waals surface area contributed by atoms with Crippen LogP contribution in [0.15, 0.2) is 66.7 Å². The number of rotatable bonds is 9. The van der Waals surface area contributed by atoms with Gasteiger partial charge in [0, 0.05) is 23.0 Å². The van der Waals surface area contributed by atoms with Crippen molar-refractivity contribution in [1.29, 1.82) is 0 Å². The summed E-state index contributed by atoms with van der Waals surface area (Å²) in [4.78, 5) is 42.5. The highest BCUT2D eigenvalue weighted by Gasteiger charge is 2.45. The average molecular weight is 679 g/mol. The van der Waals surface area contributed by atoms with Crippen LogP contribution < -0.4 is 4.74 Å². The summed E-state index contributed by atoms with van der Waals surface area (Å²) in [5.74, 6) is 0.405. The number of aryl methyl sites for hydroxylation is 1. The number of benzene rings is 3. The van der Waals surface area contributed by atoms with Crippen LogP contribution in [0.2, 0.25) is 0 Å². The van der Waals surface area contributed by atoms with Crippen LogP contribution in [0, 0.1) is 12.3 Å². The molecule has 0 unspecified atom stereocenters. The first kappa shape index (κ1) is 35.2. The molecule has 2 fully saturated rings. The molecule has 6 rings (SSSR count). The van der Waals surface area contributed by atoms with E-state index in [1.165, 1.54) is 16.9 Å². The number of carbonyl (C=O) groups is 3. The molecule has 2 heterocycles. The number of fused-ring (bicyclic) bond motifs is 1. The lowest BCUT2D eigenvalue weighted by molar-refractivity contribution is -0.138. The van der Waals surface area contributed by atoms with Crippen molar-refractivity contribution in [2.75, 3.05) is 13.7 Å². The number of ether oxygens (including phenoxy) is 3. The molecule has 8 nitrogen and oxygen atoms in total. The Bertz CT molecular complexity index is 1890. The maximum absolute atomic E-state index is 14.6. The topological polar surface area (TPSA) is 87.1 Å². The SMILES string of the molecule is COc1ccc(-c2c(C3CCCCC3)c3ccc(C(=O)OC(C)(C)C)cc3n2CC(C)(C)C(=O)N2C(=O)OC[C@H]2Cc2ccccc2)c(C)c1. The van der Waals surface area contributed by atoms with Gasteiger partial charge < -0.3 is 18.8 Å². The van der Waals surface area contributed by atoms with Gasteiger partial charge in [0.25, 0.3) is 0 Å². The van der Waals surface area contributed by atoms with E-state index >= 15 is 0 Å². The summed E-state index contributed by atoms with van der Waals surface area (Å²) in [6, 6.07) is 21.4. The van der Waals surface area contributed by atoms with Gasteiger partial charge in [0.05, 0.1) is 29.8 Å². The Hall–Kier alpha value is -4.59. The predicted octanol–water partition coefficient (Wildman–Crippen LogP) is 9.24. The van der Waals surface area contributed by atoms with Gasteiger partial charge in [-0.05, 0) is 114 Å². The molecule has 0 bridgehead atoms. The van der Waals surface area contributed by atoms with E-state index in [9.17, 15) is 14.4 Å². The minimum Gasteiger partial charge on any atom is -0.497 e. The Morgan fingerprint density at radius 3 is 2.30 bits per heavy atom. The summed E-state index contributed by atoms with van der Waals surface area (Å²) in [6.45, 7) is 11.9. The molecule has 1 aromatic heterocycles. The van der Waals surface area contributed by atoms with Crippen LogP contribution in [0.4, 0.5) is 4.79 Å².